The number of nitrogens with one attached hydrogen (secondary N) is 1. The minimum Gasteiger partial charge on any atom is -0.481 e. The molecule has 0 fully saturated rings. The van der Waals surface area contributed by atoms with Gasteiger partial charge in [-0.25, -0.2) is 0 Å². The van der Waals surface area contributed by atoms with E-state index in [1.165, 1.54) is 0 Å². The number of halogens is 1. The second-order valence-corrected chi connectivity index (χ2v) is 4.38. The first-order chi connectivity index (χ1) is 8.59. The van der Waals surface area contributed by atoms with Crippen LogP contribution in [0.4, 0.5) is 0 Å². The van der Waals surface area contributed by atoms with Crippen LogP contribution in [0, 0.1) is 0 Å². The summed E-state index contributed by atoms with van der Waals surface area (Å²) in [7, 11) is 0. The first-order valence-corrected chi connectivity index (χ1v) is 6.19. The van der Waals surface area contributed by atoms with Crippen molar-refractivity contribution in [1.29, 1.82) is 0 Å². The lowest BCUT2D eigenvalue weighted by atomic mass is 10.2. The molecule has 18 heavy (non-hydrogen) atoms. The molecule has 0 spiro atoms. The third-order valence-electron chi connectivity index (χ3n) is 2.48. The fourth-order valence-electron chi connectivity index (χ4n) is 1.49. The van der Waals surface area contributed by atoms with Crippen molar-refractivity contribution >= 4 is 23.5 Å². The number of rotatable bonds is 7. The lowest BCUT2D eigenvalue weighted by Gasteiger charge is -2.06. The van der Waals surface area contributed by atoms with Crippen molar-refractivity contribution in [1.82, 2.24) is 5.32 Å². The maximum Gasteiger partial charge on any atom is 0.303 e. The van der Waals surface area contributed by atoms with Crippen LogP contribution in [0.15, 0.2) is 24.3 Å². The van der Waals surface area contributed by atoms with E-state index in [9.17, 15) is 9.59 Å². The van der Waals surface area contributed by atoms with E-state index in [0.29, 0.717) is 30.8 Å². The first-order valence-electron chi connectivity index (χ1n) is 5.81. The predicted octanol–water partition coefficient (Wildman–Crippen LogP) is 2.60. The highest BCUT2D eigenvalue weighted by atomic mass is 35.5. The lowest BCUT2D eigenvalue weighted by Crippen LogP contribution is -2.22. The minimum absolute atomic E-state index is 0.0830. The van der Waals surface area contributed by atoms with E-state index in [2.05, 4.69) is 5.32 Å². The normalized spacial score (nSPS) is 10.1. The summed E-state index contributed by atoms with van der Waals surface area (Å²) in [4.78, 5) is 21.7. The van der Waals surface area contributed by atoms with Gasteiger partial charge in [-0.05, 0) is 24.5 Å². The number of hydrogen-bond acceptors (Lipinski definition) is 2. The standard InChI is InChI=1S/C13H16ClNO3/c14-11-6-2-1-5-10(11)9-15-12(16)7-3-4-8-13(17)18/h1-2,5-6H,3-4,7-9H2,(H,15,16)(H,17,18). The molecule has 0 saturated heterocycles. The summed E-state index contributed by atoms with van der Waals surface area (Å²) in [6.45, 7) is 0.400. The molecule has 1 aromatic carbocycles. The number of benzene rings is 1. The van der Waals surface area contributed by atoms with E-state index in [0.717, 1.165) is 5.56 Å². The molecule has 0 aliphatic carbocycles. The van der Waals surface area contributed by atoms with Gasteiger partial charge in [-0.2, -0.15) is 0 Å². The van der Waals surface area contributed by atoms with Gasteiger partial charge in [0.1, 0.15) is 0 Å². The van der Waals surface area contributed by atoms with Gasteiger partial charge in [0.25, 0.3) is 0 Å². The van der Waals surface area contributed by atoms with Gasteiger partial charge in [0.2, 0.25) is 5.91 Å². The monoisotopic (exact) mass is 269 g/mol. The van der Waals surface area contributed by atoms with Crippen molar-refractivity contribution in [3.8, 4) is 0 Å². The molecule has 2 N–H and O–H groups in total. The number of carboxylic acid groups (broad SMARTS) is 1. The Bertz CT molecular complexity index is 420. The van der Waals surface area contributed by atoms with Crippen molar-refractivity contribution in [2.45, 2.75) is 32.2 Å². The zero-order valence-electron chi connectivity index (χ0n) is 9.99. The molecule has 1 rings (SSSR count). The van der Waals surface area contributed by atoms with Gasteiger partial charge in [0.05, 0.1) is 0 Å². The summed E-state index contributed by atoms with van der Waals surface area (Å²) in [5, 5.41) is 11.8. The second kappa shape index (κ2) is 7.71. The Hall–Kier alpha value is -1.55. The number of carbonyl (C=O) groups is 2. The lowest BCUT2D eigenvalue weighted by molar-refractivity contribution is -0.137. The molecule has 1 amide bonds. The summed E-state index contributed by atoms with van der Waals surface area (Å²) in [5.74, 6) is -0.910. The van der Waals surface area contributed by atoms with Crippen LogP contribution >= 0.6 is 11.6 Å². The molecule has 0 radical (unpaired) electrons. The van der Waals surface area contributed by atoms with Crippen LogP contribution in [-0.2, 0) is 16.1 Å². The Balaban J connectivity index is 2.21. The van der Waals surface area contributed by atoms with Crippen LogP contribution in [-0.4, -0.2) is 17.0 Å². The zero-order valence-corrected chi connectivity index (χ0v) is 10.7. The average molecular weight is 270 g/mol. The quantitative estimate of drug-likeness (QED) is 0.748. The molecule has 0 heterocycles. The average Bonchev–Trinajstić information content (AvgIpc) is 2.33. The van der Waals surface area contributed by atoms with Crippen LogP contribution in [0.2, 0.25) is 5.02 Å². The Morgan fingerprint density at radius 1 is 1.17 bits per heavy atom. The molecule has 0 aliphatic rings. The van der Waals surface area contributed by atoms with E-state index >= 15 is 0 Å². The van der Waals surface area contributed by atoms with E-state index < -0.39 is 5.97 Å². The second-order valence-electron chi connectivity index (χ2n) is 3.97. The van der Waals surface area contributed by atoms with Crippen molar-refractivity contribution in [2.75, 3.05) is 0 Å². The topological polar surface area (TPSA) is 66.4 Å². The fourth-order valence-corrected chi connectivity index (χ4v) is 1.69. The number of carbonyl (C=O) groups excluding carboxylic acids is 1. The van der Waals surface area contributed by atoms with E-state index in [1.54, 1.807) is 6.07 Å². The van der Waals surface area contributed by atoms with Crippen LogP contribution in [0.3, 0.4) is 0 Å². The number of aliphatic carboxylic acids is 1. The van der Waals surface area contributed by atoms with Crippen LogP contribution in [0.25, 0.3) is 0 Å². The smallest absolute Gasteiger partial charge is 0.303 e. The van der Waals surface area contributed by atoms with Gasteiger partial charge < -0.3 is 10.4 Å². The van der Waals surface area contributed by atoms with Crippen molar-refractivity contribution in [3.63, 3.8) is 0 Å². The van der Waals surface area contributed by atoms with Crippen molar-refractivity contribution in [2.24, 2.45) is 0 Å². The summed E-state index contributed by atoms with van der Waals surface area (Å²) >= 11 is 5.95. The maximum atomic E-state index is 11.5. The molecule has 0 aliphatic heterocycles. The Labute approximate surface area is 111 Å². The molecule has 0 saturated carbocycles. The summed E-state index contributed by atoms with van der Waals surface area (Å²) in [5.41, 5.74) is 0.873. The summed E-state index contributed by atoms with van der Waals surface area (Å²) < 4.78 is 0. The molecule has 0 unspecified atom stereocenters. The van der Waals surface area contributed by atoms with Gasteiger partial charge in [-0.1, -0.05) is 29.8 Å². The third kappa shape index (κ3) is 5.68. The first kappa shape index (κ1) is 14.5. The molecule has 98 valence electrons. The minimum atomic E-state index is -0.827. The van der Waals surface area contributed by atoms with Gasteiger partial charge >= 0.3 is 5.97 Å². The highest BCUT2D eigenvalue weighted by Crippen LogP contribution is 2.14. The third-order valence-corrected chi connectivity index (χ3v) is 2.85. The van der Waals surface area contributed by atoms with Gasteiger partial charge in [0, 0.05) is 24.4 Å². The summed E-state index contributed by atoms with van der Waals surface area (Å²) in [6, 6.07) is 7.32. The fraction of sp³-hybridized carbons (Fsp3) is 0.385. The molecular weight excluding hydrogens is 254 g/mol. The molecule has 0 atom stereocenters. The Morgan fingerprint density at radius 2 is 1.83 bits per heavy atom. The number of hydrogen-bond donors (Lipinski definition) is 2. The van der Waals surface area contributed by atoms with Crippen molar-refractivity contribution < 1.29 is 14.7 Å². The molecule has 0 aromatic heterocycles. The van der Waals surface area contributed by atoms with Crippen LogP contribution < -0.4 is 5.32 Å². The molecule has 5 heteroatoms. The molecular formula is C13H16ClNO3. The zero-order chi connectivity index (χ0) is 13.4. The molecule has 4 nitrogen and oxygen atoms in total. The highest BCUT2D eigenvalue weighted by Gasteiger charge is 2.04. The van der Waals surface area contributed by atoms with Gasteiger partial charge in [-0.15, -0.1) is 0 Å². The van der Waals surface area contributed by atoms with Crippen LogP contribution in [0.1, 0.15) is 31.2 Å². The predicted molar refractivity (Wildman–Crippen MR) is 69.4 cm³/mol. The highest BCUT2D eigenvalue weighted by molar-refractivity contribution is 6.31. The van der Waals surface area contributed by atoms with Gasteiger partial charge in [0.15, 0.2) is 0 Å². The van der Waals surface area contributed by atoms with Crippen molar-refractivity contribution in [3.05, 3.63) is 34.9 Å². The van der Waals surface area contributed by atoms with Gasteiger partial charge in [-0.3, -0.25) is 9.59 Å². The summed E-state index contributed by atoms with van der Waals surface area (Å²) in [6.07, 6.45) is 1.56. The van der Waals surface area contributed by atoms with E-state index in [1.807, 2.05) is 18.2 Å². The largest absolute Gasteiger partial charge is 0.481 e. The SMILES string of the molecule is O=C(O)CCCCC(=O)NCc1ccccc1Cl. The maximum absolute atomic E-state index is 11.5. The van der Waals surface area contributed by atoms with E-state index in [4.69, 9.17) is 16.7 Å². The molecule has 0 bridgehead atoms. The number of amides is 1. The number of unbranched alkanes of at least 4 members (excludes halogenated alkanes) is 1. The Morgan fingerprint density at radius 3 is 2.50 bits per heavy atom. The Kier molecular flexibility index (Phi) is 6.22. The van der Waals surface area contributed by atoms with Crippen LogP contribution in [0.5, 0.6) is 0 Å². The number of carboxylic acids is 1. The van der Waals surface area contributed by atoms with E-state index in [-0.39, 0.29) is 12.3 Å². The molecule has 1 aromatic rings.